The fourth-order valence-electron chi connectivity index (χ4n) is 2.80. The van der Waals surface area contributed by atoms with E-state index in [0.29, 0.717) is 28.4 Å². The van der Waals surface area contributed by atoms with Crippen LogP contribution in [0.4, 0.5) is 0 Å². The molecule has 0 N–H and O–H groups in total. The van der Waals surface area contributed by atoms with E-state index in [1.165, 1.54) is 21.3 Å². The second-order valence-electron chi connectivity index (χ2n) is 5.66. The Bertz CT molecular complexity index is 916. The maximum absolute atomic E-state index is 12.4. The number of rotatable bonds is 6. The summed E-state index contributed by atoms with van der Waals surface area (Å²) in [5.41, 5.74) is 2.13. The van der Waals surface area contributed by atoms with Crippen molar-refractivity contribution in [2.24, 2.45) is 0 Å². The number of esters is 1. The van der Waals surface area contributed by atoms with Crippen molar-refractivity contribution in [1.29, 1.82) is 0 Å². The van der Waals surface area contributed by atoms with Gasteiger partial charge in [0.2, 0.25) is 11.5 Å². The Balaban J connectivity index is 1.82. The summed E-state index contributed by atoms with van der Waals surface area (Å²) >= 11 is 0. The zero-order chi connectivity index (χ0) is 18.7. The van der Waals surface area contributed by atoms with Crippen molar-refractivity contribution in [2.75, 3.05) is 21.3 Å². The fraction of sp³-hybridized carbons (Fsp3) is 0.250. The van der Waals surface area contributed by atoms with Gasteiger partial charge in [0.15, 0.2) is 11.5 Å². The van der Waals surface area contributed by atoms with E-state index < -0.39 is 5.97 Å². The van der Waals surface area contributed by atoms with Crippen LogP contribution in [0.3, 0.4) is 0 Å². The standard InChI is InChI=1S/C20H20O6/c1-12-14-7-5-6-8-15(14)26-18(12)20(21)25-11-13-9-16(22-2)19(24-4)17(10-13)23-3/h5-10H,11H2,1-4H3. The van der Waals surface area contributed by atoms with Gasteiger partial charge in [-0.1, -0.05) is 18.2 Å². The highest BCUT2D eigenvalue weighted by atomic mass is 16.5. The van der Waals surface area contributed by atoms with Gasteiger partial charge in [-0.2, -0.15) is 0 Å². The highest BCUT2D eigenvalue weighted by Gasteiger charge is 2.20. The molecule has 1 heterocycles. The number of aryl methyl sites for hydroxylation is 1. The molecule has 0 bridgehead atoms. The Morgan fingerprint density at radius 2 is 1.65 bits per heavy atom. The van der Waals surface area contributed by atoms with Crippen LogP contribution in [0.1, 0.15) is 21.7 Å². The number of carbonyl (C=O) groups excluding carboxylic acids is 1. The molecule has 0 aliphatic rings. The van der Waals surface area contributed by atoms with Crippen molar-refractivity contribution < 1.29 is 28.2 Å². The molecule has 2 aromatic carbocycles. The molecule has 0 amide bonds. The lowest BCUT2D eigenvalue weighted by Crippen LogP contribution is -2.06. The normalized spacial score (nSPS) is 10.6. The van der Waals surface area contributed by atoms with Gasteiger partial charge in [-0.15, -0.1) is 0 Å². The number of fused-ring (bicyclic) bond motifs is 1. The Hall–Kier alpha value is -3.15. The Kier molecular flexibility index (Phi) is 5.02. The second-order valence-corrected chi connectivity index (χ2v) is 5.66. The van der Waals surface area contributed by atoms with Gasteiger partial charge in [0, 0.05) is 10.9 Å². The number of carbonyl (C=O) groups is 1. The fourth-order valence-corrected chi connectivity index (χ4v) is 2.80. The number of hydrogen-bond acceptors (Lipinski definition) is 6. The minimum atomic E-state index is -0.521. The van der Waals surface area contributed by atoms with E-state index in [-0.39, 0.29) is 12.4 Å². The first-order valence-electron chi connectivity index (χ1n) is 8.03. The van der Waals surface area contributed by atoms with Gasteiger partial charge >= 0.3 is 5.97 Å². The summed E-state index contributed by atoms with van der Waals surface area (Å²) in [6, 6.07) is 11.0. The Morgan fingerprint density at radius 3 is 2.23 bits per heavy atom. The number of hydrogen-bond donors (Lipinski definition) is 0. The van der Waals surface area contributed by atoms with Crippen molar-refractivity contribution >= 4 is 16.9 Å². The molecule has 0 spiro atoms. The van der Waals surface area contributed by atoms with Gasteiger partial charge in [-0.05, 0) is 30.7 Å². The molecule has 6 nitrogen and oxygen atoms in total. The molecule has 3 aromatic rings. The lowest BCUT2D eigenvalue weighted by atomic mass is 10.1. The van der Waals surface area contributed by atoms with Gasteiger partial charge in [0.1, 0.15) is 12.2 Å². The van der Waals surface area contributed by atoms with Crippen LogP contribution < -0.4 is 14.2 Å². The molecule has 1 aromatic heterocycles. The lowest BCUT2D eigenvalue weighted by Gasteiger charge is -2.14. The topological polar surface area (TPSA) is 67.1 Å². The van der Waals surface area contributed by atoms with Gasteiger partial charge in [0.05, 0.1) is 21.3 Å². The molecule has 0 saturated heterocycles. The molecule has 0 aliphatic heterocycles. The molecule has 136 valence electrons. The first-order chi connectivity index (χ1) is 12.6. The number of para-hydroxylation sites is 1. The van der Waals surface area contributed by atoms with Crippen molar-refractivity contribution in [2.45, 2.75) is 13.5 Å². The minimum Gasteiger partial charge on any atom is -0.493 e. The zero-order valence-corrected chi connectivity index (χ0v) is 15.1. The molecule has 26 heavy (non-hydrogen) atoms. The van der Waals surface area contributed by atoms with Crippen LogP contribution in [0.2, 0.25) is 0 Å². The first kappa shape index (κ1) is 17.7. The SMILES string of the molecule is COc1cc(COC(=O)c2oc3ccccc3c2C)cc(OC)c1OC. The lowest BCUT2D eigenvalue weighted by molar-refractivity contribution is 0.0437. The minimum absolute atomic E-state index is 0.0477. The van der Waals surface area contributed by atoms with Gasteiger partial charge in [0.25, 0.3) is 0 Å². The summed E-state index contributed by atoms with van der Waals surface area (Å²) < 4.78 is 26.9. The van der Waals surface area contributed by atoms with Crippen molar-refractivity contribution in [3.8, 4) is 17.2 Å². The number of ether oxygens (including phenoxy) is 4. The smallest absolute Gasteiger partial charge is 0.374 e. The largest absolute Gasteiger partial charge is 0.493 e. The van der Waals surface area contributed by atoms with Crippen LogP contribution in [0.15, 0.2) is 40.8 Å². The van der Waals surface area contributed by atoms with Crippen LogP contribution in [-0.4, -0.2) is 27.3 Å². The molecular formula is C20H20O6. The van der Waals surface area contributed by atoms with E-state index >= 15 is 0 Å². The third-order valence-corrected chi connectivity index (χ3v) is 4.12. The van der Waals surface area contributed by atoms with Gasteiger partial charge in [-0.3, -0.25) is 0 Å². The van der Waals surface area contributed by atoms with Crippen LogP contribution in [0.5, 0.6) is 17.2 Å². The Labute approximate surface area is 151 Å². The molecule has 0 radical (unpaired) electrons. The monoisotopic (exact) mass is 356 g/mol. The van der Waals surface area contributed by atoms with E-state index in [1.54, 1.807) is 12.1 Å². The second kappa shape index (κ2) is 7.39. The number of methoxy groups -OCH3 is 3. The Morgan fingerprint density at radius 1 is 1.00 bits per heavy atom. The van der Waals surface area contributed by atoms with Gasteiger partial charge in [-0.25, -0.2) is 4.79 Å². The average Bonchev–Trinajstić information content (AvgIpc) is 3.02. The van der Waals surface area contributed by atoms with E-state index in [4.69, 9.17) is 23.4 Å². The molecule has 0 saturated carbocycles. The molecule has 0 unspecified atom stereocenters. The quantitative estimate of drug-likeness (QED) is 0.619. The average molecular weight is 356 g/mol. The van der Waals surface area contributed by atoms with E-state index in [2.05, 4.69) is 0 Å². The summed E-state index contributed by atoms with van der Waals surface area (Å²) in [4.78, 5) is 12.4. The zero-order valence-electron chi connectivity index (χ0n) is 15.1. The third kappa shape index (κ3) is 3.18. The summed E-state index contributed by atoms with van der Waals surface area (Å²) in [5.74, 6) is 1.17. The van der Waals surface area contributed by atoms with Crippen LogP contribution in [-0.2, 0) is 11.3 Å². The predicted molar refractivity (Wildman–Crippen MR) is 96.2 cm³/mol. The maximum Gasteiger partial charge on any atom is 0.374 e. The van der Waals surface area contributed by atoms with Crippen molar-refractivity contribution in [3.63, 3.8) is 0 Å². The maximum atomic E-state index is 12.4. The summed E-state index contributed by atoms with van der Waals surface area (Å²) in [6.45, 7) is 1.88. The van der Waals surface area contributed by atoms with E-state index in [0.717, 1.165) is 10.9 Å². The molecular weight excluding hydrogens is 336 g/mol. The van der Waals surface area contributed by atoms with Crippen molar-refractivity contribution in [3.05, 3.63) is 53.3 Å². The van der Waals surface area contributed by atoms with Crippen molar-refractivity contribution in [1.82, 2.24) is 0 Å². The molecule has 0 atom stereocenters. The van der Waals surface area contributed by atoms with E-state index in [9.17, 15) is 4.79 Å². The first-order valence-corrected chi connectivity index (χ1v) is 8.03. The molecule has 3 rings (SSSR count). The van der Waals surface area contributed by atoms with E-state index in [1.807, 2.05) is 31.2 Å². The highest BCUT2D eigenvalue weighted by Crippen LogP contribution is 2.38. The molecule has 0 fully saturated rings. The summed E-state index contributed by atoms with van der Waals surface area (Å²) in [7, 11) is 4.60. The van der Waals surface area contributed by atoms with Crippen LogP contribution >= 0.6 is 0 Å². The molecule has 0 aliphatic carbocycles. The third-order valence-electron chi connectivity index (χ3n) is 4.12. The van der Waals surface area contributed by atoms with Crippen LogP contribution in [0, 0.1) is 6.92 Å². The van der Waals surface area contributed by atoms with Gasteiger partial charge < -0.3 is 23.4 Å². The molecule has 6 heteroatoms. The highest BCUT2D eigenvalue weighted by molar-refractivity contribution is 5.95. The predicted octanol–water partition coefficient (Wildman–Crippen LogP) is 4.12. The number of furan rings is 1. The van der Waals surface area contributed by atoms with Crippen LogP contribution in [0.25, 0.3) is 11.0 Å². The number of benzene rings is 2. The summed E-state index contributed by atoms with van der Waals surface area (Å²) in [5, 5.41) is 0.896. The summed E-state index contributed by atoms with van der Waals surface area (Å²) in [6.07, 6.45) is 0.